The highest BCUT2D eigenvalue weighted by molar-refractivity contribution is 5.85. The van der Waals surface area contributed by atoms with Crippen molar-refractivity contribution < 1.29 is 9.13 Å². The van der Waals surface area contributed by atoms with Crippen molar-refractivity contribution in [2.45, 2.75) is 45.1 Å². The normalized spacial score (nSPS) is 18.0. The van der Waals surface area contributed by atoms with Gasteiger partial charge < -0.3 is 25.0 Å². The van der Waals surface area contributed by atoms with E-state index in [2.05, 4.69) is 27.2 Å². The number of halogens is 2. The molecule has 1 saturated heterocycles. The Kier molecular flexibility index (Phi) is 8.82. The number of rotatable bonds is 6. The molecule has 0 spiro atoms. The topological polar surface area (TPSA) is 116 Å². The van der Waals surface area contributed by atoms with Crippen molar-refractivity contribution in [2.75, 3.05) is 19.8 Å². The van der Waals surface area contributed by atoms with Gasteiger partial charge in [-0.1, -0.05) is 32.9 Å². The molecule has 0 bridgehead atoms. The largest absolute Gasteiger partial charge is 0.378 e. The predicted octanol–water partition coefficient (Wildman–Crippen LogP) is 1.61. The number of morpholine rings is 1. The van der Waals surface area contributed by atoms with Crippen LogP contribution in [0.1, 0.15) is 61.8 Å². The van der Waals surface area contributed by atoms with Crippen molar-refractivity contribution in [1.82, 2.24) is 25.3 Å². The standard InChI is InChI=1S/C25H30FN5O3.ClH/c1-4-17(21-13-34-9-8-27-21)23-28-18(22(31-23)14(2)3)12-20-25(33)29-19(24(32)30-20)11-15-6-5-7-16(26)10-15;/h5-7,10-12,14,17,21,27H,4,8-9,13H2,1-3H3,(H,28,31)(H,29,33)(H,30,32);1H/b19-11-,20-12-;. The highest BCUT2D eigenvalue weighted by atomic mass is 35.5. The third kappa shape index (κ3) is 6.17. The predicted molar refractivity (Wildman–Crippen MR) is 136 cm³/mol. The lowest BCUT2D eigenvalue weighted by molar-refractivity contribution is 0.0664. The minimum atomic E-state index is -0.480. The van der Waals surface area contributed by atoms with Gasteiger partial charge >= 0.3 is 0 Å². The minimum absolute atomic E-state index is 0. The molecule has 4 N–H and O–H groups in total. The summed E-state index contributed by atoms with van der Waals surface area (Å²) in [4.78, 5) is 38.9. The van der Waals surface area contributed by atoms with Gasteiger partial charge in [0, 0.05) is 24.2 Å². The zero-order chi connectivity index (χ0) is 24.2. The summed E-state index contributed by atoms with van der Waals surface area (Å²) in [5.74, 6) is 0.663. The number of benzene rings is 1. The summed E-state index contributed by atoms with van der Waals surface area (Å²) in [6.07, 6.45) is 3.90. The molecule has 0 amide bonds. The van der Waals surface area contributed by atoms with E-state index in [0.29, 0.717) is 24.5 Å². The molecule has 8 nitrogen and oxygen atoms in total. The number of hydrogen-bond donors (Lipinski definition) is 4. The van der Waals surface area contributed by atoms with Gasteiger partial charge in [-0.15, -0.1) is 12.4 Å². The molecule has 0 radical (unpaired) electrons. The van der Waals surface area contributed by atoms with E-state index in [1.165, 1.54) is 24.3 Å². The van der Waals surface area contributed by atoms with Crippen molar-refractivity contribution >= 4 is 24.6 Å². The van der Waals surface area contributed by atoms with Gasteiger partial charge in [0.2, 0.25) is 0 Å². The Bertz CT molecular complexity index is 1390. The number of imidazole rings is 1. The quantitative estimate of drug-likeness (QED) is 0.408. The molecule has 1 aliphatic rings. The van der Waals surface area contributed by atoms with Crippen LogP contribution in [-0.4, -0.2) is 45.7 Å². The van der Waals surface area contributed by atoms with Crippen LogP contribution in [0.4, 0.5) is 4.39 Å². The van der Waals surface area contributed by atoms with Crippen molar-refractivity contribution in [3.63, 3.8) is 0 Å². The average Bonchev–Trinajstić information content (AvgIpc) is 3.22. The summed E-state index contributed by atoms with van der Waals surface area (Å²) in [5.41, 5.74) is 1.04. The van der Waals surface area contributed by atoms with Crippen LogP contribution < -0.4 is 27.1 Å². The van der Waals surface area contributed by atoms with Gasteiger partial charge in [-0.05, 0) is 42.2 Å². The van der Waals surface area contributed by atoms with E-state index in [9.17, 15) is 14.0 Å². The molecule has 35 heavy (non-hydrogen) atoms. The molecule has 2 atom stereocenters. The monoisotopic (exact) mass is 503 g/mol. The van der Waals surface area contributed by atoms with E-state index < -0.39 is 16.9 Å². The molecule has 10 heteroatoms. The van der Waals surface area contributed by atoms with Gasteiger partial charge in [-0.3, -0.25) is 9.59 Å². The van der Waals surface area contributed by atoms with E-state index in [4.69, 9.17) is 9.72 Å². The lowest BCUT2D eigenvalue weighted by atomic mass is 9.96. The maximum absolute atomic E-state index is 13.5. The number of aromatic amines is 3. The van der Waals surface area contributed by atoms with Crippen LogP contribution in [0, 0.1) is 5.82 Å². The molecule has 3 heterocycles. The van der Waals surface area contributed by atoms with Crippen molar-refractivity contribution in [3.05, 3.63) is 84.3 Å². The van der Waals surface area contributed by atoms with Crippen LogP contribution in [0.5, 0.6) is 0 Å². The van der Waals surface area contributed by atoms with Crippen molar-refractivity contribution in [1.29, 1.82) is 0 Å². The van der Waals surface area contributed by atoms with Crippen LogP contribution >= 0.6 is 12.4 Å². The highest BCUT2D eigenvalue weighted by Crippen LogP contribution is 2.26. The first-order chi connectivity index (χ1) is 16.4. The van der Waals surface area contributed by atoms with E-state index in [1.54, 1.807) is 12.1 Å². The second-order valence-electron chi connectivity index (χ2n) is 8.81. The van der Waals surface area contributed by atoms with E-state index >= 15 is 0 Å². The molecule has 1 fully saturated rings. The molecular formula is C25H31ClFN5O3. The van der Waals surface area contributed by atoms with Gasteiger partial charge in [-0.25, -0.2) is 9.37 Å². The molecule has 188 valence electrons. The number of H-pyrrole nitrogens is 3. The maximum atomic E-state index is 13.5. The number of nitrogens with zero attached hydrogens (tertiary/aromatic N) is 1. The van der Waals surface area contributed by atoms with E-state index in [0.717, 1.165) is 24.5 Å². The Morgan fingerprint density at radius 3 is 2.46 bits per heavy atom. The summed E-state index contributed by atoms with van der Waals surface area (Å²) in [7, 11) is 0. The Morgan fingerprint density at radius 1 is 1.14 bits per heavy atom. The molecule has 1 aliphatic heterocycles. The third-order valence-electron chi connectivity index (χ3n) is 6.01. The fourth-order valence-electron chi connectivity index (χ4n) is 4.25. The summed E-state index contributed by atoms with van der Waals surface area (Å²) in [6.45, 7) is 8.31. The van der Waals surface area contributed by atoms with E-state index in [1.807, 2.05) is 13.8 Å². The number of nitrogens with one attached hydrogen (secondary N) is 4. The summed E-state index contributed by atoms with van der Waals surface area (Å²) >= 11 is 0. The molecule has 3 aromatic rings. The molecule has 2 unspecified atom stereocenters. The molecule has 0 aliphatic carbocycles. The summed E-state index contributed by atoms with van der Waals surface area (Å²) in [5, 5.41) is 3.65. The first-order valence-corrected chi connectivity index (χ1v) is 11.6. The van der Waals surface area contributed by atoms with Crippen LogP contribution in [0.15, 0.2) is 33.9 Å². The van der Waals surface area contributed by atoms with Gasteiger partial charge in [-0.2, -0.15) is 0 Å². The molecular weight excluding hydrogens is 473 g/mol. The first-order valence-electron chi connectivity index (χ1n) is 11.6. The zero-order valence-electron chi connectivity index (χ0n) is 20.0. The zero-order valence-corrected chi connectivity index (χ0v) is 20.8. The van der Waals surface area contributed by atoms with Crippen LogP contribution in [-0.2, 0) is 4.74 Å². The smallest absolute Gasteiger partial charge is 0.272 e. The summed E-state index contributed by atoms with van der Waals surface area (Å²) in [6, 6.07) is 5.94. The van der Waals surface area contributed by atoms with Crippen LogP contribution in [0.25, 0.3) is 12.2 Å². The van der Waals surface area contributed by atoms with Crippen molar-refractivity contribution in [2.24, 2.45) is 0 Å². The van der Waals surface area contributed by atoms with E-state index in [-0.39, 0.29) is 41.0 Å². The Balaban J connectivity index is 0.00000342. The lowest BCUT2D eigenvalue weighted by Gasteiger charge is -2.29. The van der Waals surface area contributed by atoms with Gasteiger partial charge in [0.15, 0.2) is 0 Å². The van der Waals surface area contributed by atoms with Crippen LogP contribution in [0.2, 0.25) is 0 Å². The highest BCUT2D eigenvalue weighted by Gasteiger charge is 2.27. The second-order valence-corrected chi connectivity index (χ2v) is 8.81. The number of aromatic nitrogens is 4. The third-order valence-corrected chi connectivity index (χ3v) is 6.01. The fraction of sp³-hybridized carbons (Fsp3) is 0.400. The first kappa shape index (κ1) is 26.6. The minimum Gasteiger partial charge on any atom is -0.378 e. The number of hydrogen-bond acceptors (Lipinski definition) is 5. The fourth-order valence-corrected chi connectivity index (χ4v) is 4.25. The van der Waals surface area contributed by atoms with Gasteiger partial charge in [0.25, 0.3) is 11.1 Å². The van der Waals surface area contributed by atoms with Gasteiger partial charge in [0.1, 0.15) is 22.3 Å². The lowest BCUT2D eigenvalue weighted by Crippen LogP contribution is -2.46. The molecule has 0 saturated carbocycles. The second kappa shape index (κ2) is 11.6. The van der Waals surface area contributed by atoms with Crippen LogP contribution in [0.3, 0.4) is 0 Å². The molecule has 4 rings (SSSR count). The van der Waals surface area contributed by atoms with Gasteiger partial charge in [0.05, 0.1) is 18.9 Å². The SMILES string of the molecule is CCC(c1nc(/C=c2\[nH]c(=O)/c(=C/c3cccc(F)c3)[nH]c2=O)c(C(C)C)[nH]1)C1COCCN1.Cl. The molecule has 2 aromatic heterocycles. The summed E-state index contributed by atoms with van der Waals surface area (Å²) < 4.78 is 19.1. The Morgan fingerprint density at radius 2 is 1.86 bits per heavy atom. The molecule has 1 aromatic carbocycles. The number of ether oxygens (including phenoxy) is 1. The average molecular weight is 504 g/mol. The van der Waals surface area contributed by atoms with Crippen molar-refractivity contribution in [3.8, 4) is 0 Å². The maximum Gasteiger partial charge on any atom is 0.272 e. The Labute approximate surface area is 208 Å². The Hall–Kier alpha value is -3.01.